The van der Waals surface area contributed by atoms with Gasteiger partial charge in [0.25, 0.3) is 0 Å². The van der Waals surface area contributed by atoms with Crippen LogP contribution in [0.15, 0.2) is 109 Å². The topological polar surface area (TPSA) is 64.3 Å². The molecule has 0 aliphatic rings. The molecule has 37 heavy (non-hydrogen) atoms. The van der Waals surface area contributed by atoms with E-state index in [1.807, 2.05) is 60.7 Å². The molecule has 5 aromatic rings. The smallest absolute Gasteiger partial charge is 0.491 e. The molecule has 0 saturated carbocycles. The van der Waals surface area contributed by atoms with Crippen LogP contribution in [0.25, 0.3) is 39.6 Å². The van der Waals surface area contributed by atoms with Crippen LogP contribution in [0.3, 0.4) is 0 Å². The Kier molecular flexibility index (Phi) is 6.23. The molecule has 0 unspecified atom stereocenters. The third-order valence-corrected chi connectivity index (χ3v) is 5.64. The molecule has 1 N–H and O–H groups in total. The maximum atomic E-state index is 13.1. The molecule has 0 amide bonds. The summed E-state index contributed by atoms with van der Waals surface area (Å²) < 4.78 is 45.8. The van der Waals surface area contributed by atoms with Crippen molar-refractivity contribution >= 4 is 5.97 Å². The van der Waals surface area contributed by atoms with E-state index in [-0.39, 0.29) is 17.2 Å². The zero-order valence-electron chi connectivity index (χ0n) is 19.2. The van der Waals surface area contributed by atoms with Crippen molar-refractivity contribution in [3.63, 3.8) is 0 Å². The zero-order chi connectivity index (χ0) is 26.0. The number of aromatic nitrogens is 2. The van der Waals surface area contributed by atoms with Crippen LogP contribution in [0, 0.1) is 0 Å². The van der Waals surface area contributed by atoms with Gasteiger partial charge in [-0.15, -0.1) is 0 Å². The van der Waals surface area contributed by atoms with Gasteiger partial charge in [0.05, 0.1) is 17.1 Å². The number of phenols is 1. The SMILES string of the molecule is O=C(Oc1ccccc1-n1c(-c2ccc(O)cc2)nc(-c2ccccc2)c1-c1ccccc1)C(F)(F)F. The monoisotopic (exact) mass is 500 g/mol. The number of hydrogen-bond acceptors (Lipinski definition) is 4. The normalized spacial score (nSPS) is 11.3. The van der Waals surface area contributed by atoms with Gasteiger partial charge in [-0.1, -0.05) is 72.8 Å². The van der Waals surface area contributed by atoms with E-state index in [9.17, 15) is 23.1 Å². The first-order valence-electron chi connectivity index (χ1n) is 11.2. The van der Waals surface area contributed by atoms with Crippen LogP contribution >= 0.6 is 0 Å². The maximum absolute atomic E-state index is 13.1. The van der Waals surface area contributed by atoms with Crippen LogP contribution in [-0.4, -0.2) is 26.8 Å². The first-order chi connectivity index (χ1) is 17.8. The van der Waals surface area contributed by atoms with Crippen LogP contribution in [-0.2, 0) is 4.79 Å². The van der Waals surface area contributed by atoms with Crippen molar-refractivity contribution in [2.75, 3.05) is 0 Å². The predicted molar refractivity (Wildman–Crippen MR) is 133 cm³/mol. The van der Waals surface area contributed by atoms with Crippen molar-refractivity contribution < 1.29 is 27.8 Å². The highest BCUT2D eigenvalue weighted by molar-refractivity contribution is 5.85. The third-order valence-electron chi connectivity index (χ3n) is 5.64. The second-order valence-electron chi connectivity index (χ2n) is 8.10. The van der Waals surface area contributed by atoms with Crippen LogP contribution in [0.1, 0.15) is 0 Å². The van der Waals surface area contributed by atoms with Gasteiger partial charge >= 0.3 is 12.1 Å². The molecule has 4 aromatic carbocycles. The summed E-state index contributed by atoms with van der Waals surface area (Å²) in [5.74, 6) is -2.17. The van der Waals surface area contributed by atoms with Crippen LogP contribution in [0.2, 0.25) is 0 Å². The van der Waals surface area contributed by atoms with E-state index < -0.39 is 12.1 Å². The lowest BCUT2D eigenvalue weighted by Gasteiger charge is -2.17. The zero-order valence-corrected chi connectivity index (χ0v) is 19.2. The number of nitrogens with zero attached hydrogens (tertiary/aromatic N) is 2. The summed E-state index contributed by atoms with van der Waals surface area (Å²) in [5, 5.41) is 9.83. The summed E-state index contributed by atoms with van der Waals surface area (Å²) in [5.41, 5.74) is 3.48. The number of carbonyl (C=O) groups excluding carboxylic acids is 1. The standard InChI is InChI=1S/C29H19F3N2O3/c30-29(31,32)28(36)37-24-14-8-7-13-23(24)34-26(20-11-5-2-6-12-20)25(19-9-3-1-4-10-19)33-27(34)21-15-17-22(35)18-16-21/h1-18,35H. The molecule has 0 bridgehead atoms. The average Bonchev–Trinajstić information content (AvgIpc) is 3.30. The first-order valence-corrected chi connectivity index (χ1v) is 11.2. The molecule has 0 spiro atoms. The Labute approximate surface area is 210 Å². The number of phenolic OH excluding ortho intramolecular Hbond substituents is 1. The Balaban J connectivity index is 1.85. The maximum Gasteiger partial charge on any atom is 0.491 e. The average molecular weight is 500 g/mol. The molecule has 8 heteroatoms. The van der Waals surface area contributed by atoms with Gasteiger partial charge in [-0.2, -0.15) is 13.2 Å². The largest absolute Gasteiger partial charge is 0.508 e. The molecule has 5 rings (SSSR count). The number of rotatable bonds is 5. The second kappa shape index (κ2) is 9.66. The lowest BCUT2D eigenvalue weighted by molar-refractivity contribution is -0.189. The van der Waals surface area contributed by atoms with Crippen molar-refractivity contribution in [3.05, 3.63) is 109 Å². The Morgan fingerprint density at radius 2 is 1.30 bits per heavy atom. The Hall–Kier alpha value is -4.85. The molecular weight excluding hydrogens is 481 g/mol. The minimum Gasteiger partial charge on any atom is -0.508 e. The van der Waals surface area contributed by atoms with Crippen molar-refractivity contribution in [3.8, 4) is 51.1 Å². The van der Waals surface area contributed by atoms with E-state index in [0.717, 1.165) is 11.1 Å². The summed E-state index contributed by atoms with van der Waals surface area (Å²) in [6, 6.07) is 30.9. The fourth-order valence-electron chi connectivity index (χ4n) is 4.00. The highest BCUT2D eigenvalue weighted by atomic mass is 19.4. The molecule has 5 nitrogen and oxygen atoms in total. The molecule has 0 saturated heterocycles. The molecule has 0 aliphatic carbocycles. The number of carbonyl (C=O) groups is 1. The van der Waals surface area contributed by atoms with E-state index >= 15 is 0 Å². The fourth-order valence-corrected chi connectivity index (χ4v) is 4.00. The molecule has 0 aliphatic heterocycles. The fraction of sp³-hybridized carbons (Fsp3) is 0.0345. The molecule has 1 heterocycles. The summed E-state index contributed by atoms with van der Waals surface area (Å²) in [4.78, 5) is 16.7. The van der Waals surface area contributed by atoms with E-state index in [2.05, 4.69) is 0 Å². The van der Waals surface area contributed by atoms with E-state index in [1.165, 1.54) is 24.3 Å². The van der Waals surface area contributed by atoms with Gasteiger partial charge in [0, 0.05) is 16.7 Å². The quantitative estimate of drug-likeness (QED) is 0.208. The number of benzene rings is 4. The van der Waals surface area contributed by atoms with Crippen LogP contribution < -0.4 is 4.74 Å². The van der Waals surface area contributed by atoms with Crippen LogP contribution in [0.4, 0.5) is 13.2 Å². The second-order valence-corrected chi connectivity index (χ2v) is 8.10. The number of para-hydroxylation sites is 2. The number of halogens is 3. The minimum atomic E-state index is -5.17. The molecule has 0 fully saturated rings. The minimum absolute atomic E-state index is 0.0490. The predicted octanol–water partition coefficient (Wildman–Crippen LogP) is 7.05. The molecule has 1 aromatic heterocycles. The molecule has 0 atom stereocenters. The third kappa shape index (κ3) is 4.81. The van der Waals surface area contributed by atoms with Gasteiger partial charge < -0.3 is 9.84 Å². The molecule has 184 valence electrons. The van der Waals surface area contributed by atoms with Gasteiger partial charge in [-0.3, -0.25) is 4.57 Å². The number of esters is 1. The Bertz CT molecular complexity index is 1550. The number of hydrogen-bond donors (Lipinski definition) is 1. The highest BCUT2D eigenvalue weighted by Gasteiger charge is 2.42. The summed E-state index contributed by atoms with van der Waals surface area (Å²) in [7, 11) is 0. The number of imidazole rings is 1. The van der Waals surface area contributed by atoms with Gasteiger partial charge in [0.15, 0.2) is 5.75 Å². The summed E-state index contributed by atoms with van der Waals surface area (Å²) >= 11 is 0. The Morgan fingerprint density at radius 3 is 1.92 bits per heavy atom. The lowest BCUT2D eigenvalue weighted by atomic mass is 10.0. The highest BCUT2D eigenvalue weighted by Crippen LogP contribution is 2.41. The van der Waals surface area contributed by atoms with Crippen molar-refractivity contribution in [1.29, 1.82) is 0 Å². The number of alkyl halides is 3. The van der Waals surface area contributed by atoms with Crippen molar-refractivity contribution in [2.45, 2.75) is 6.18 Å². The van der Waals surface area contributed by atoms with Gasteiger partial charge in [-0.05, 0) is 36.4 Å². The van der Waals surface area contributed by atoms with Gasteiger partial charge in [-0.25, -0.2) is 9.78 Å². The van der Waals surface area contributed by atoms with Crippen molar-refractivity contribution in [2.24, 2.45) is 0 Å². The van der Waals surface area contributed by atoms with E-state index in [4.69, 9.17) is 9.72 Å². The number of aromatic hydroxyl groups is 1. The molecular formula is C29H19F3N2O3. The number of ether oxygens (including phenoxy) is 1. The summed E-state index contributed by atoms with van der Waals surface area (Å²) in [6.07, 6.45) is -5.17. The van der Waals surface area contributed by atoms with E-state index in [1.54, 1.807) is 28.8 Å². The first kappa shape index (κ1) is 23.9. The molecule has 0 radical (unpaired) electrons. The summed E-state index contributed by atoms with van der Waals surface area (Å²) in [6.45, 7) is 0. The van der Waals surface area contributed by atoms with Gasteiger partial charge in [0.1, 0.15) is 11.6 Å². The van der Waals surface area contributed by atoms with Crippen LogP contribution in [0.5, 0.6) is 11.5 Å². The lowest BCUT2D eigenvalue weighted by Crippen LogP contribution is -2.28. The Morgan fingerprint density at radius 1 is 0.730 bits per heavy atom. The van der Waals surface area contributed by atoms with Crippen molar-refractivity contribution in [1.82, 2.24) is 9.55 Å². The van der Waals surface area contributed by atoms with E-state index in [0.29, 0.717) is 22.8 Å². The van der Waals surface area contributed by atoms with Gasteiger partial charge in [0.2, 0.25) is 0 Å².